The summed E-state index contributed by atoms with van der Waals surface area (Å²) in [6.07, 6.45) is 5.81. The van der Waals surface area contributed by atoms with E-state index in [2.05, 4.69) is 80.0 Å². The molecule has 2 aliphatic rings. The number of hydrogen-bond donors (Lipinski definition) is 0. The zero-order valence-corrected chi connectivity index (χ0v) is 17.0. The van der Waals surface area contributed by atoms with Crippen LogP contribution in [0.4, 0.5) is 23.0 Å². The highest BCUT2D eigenvalue weighted by atomic mass is 15.5. The second kappa shape index (κ2) is 6.06. The Morgan fingerprint density at radius 2 is 1.43 bits per heavy atom. The van der Waals surface area contributed by atoms with E-state index in [0.29, 0.717) is 0 Å². The SMILES string of the molecule is CCc1ccc(N2c3nccnc3N3c4ccc(CC)cc4C(C)(C)C23)cc1. The number of fused-ring (bicyclic) bond motifs is 5. The second-order valence-corrected chi connectivity index (χ2v) is 8.26. The molecule has 1 atom stereocenters. The van der Waals surface area contributed by atoms with Crippen molar-refractivity contribution >= 4 is 23.0 Å². The number of benzene rings is 2. The van der Waals surface area contributed by atoms with Crippen molar-refractivity contribution in [3.8, 4) is 0 Å². The molecule has 0 radical (unpaired) electrons. The van der Waals surface area contributed by atoms with Crippen molar-refractivity contribution in [3.05, 3.63) is 71.5 Å². The number of aromatic nitrogens is 2. The molecule has 1 unspecified atom stereocenters. The Balaban J connectivity index is 1.72. The fourth-order valence-electron chi connectivity index (χ4n) is 4.73. The summed E-state index contributed by atoms with van der Waals surface area (Å²) < 4.78 is 0. The summed E-state index contributed by atoms with van der Waals surface area (Å²) in [6, 6.07) is 15.8. The van der Waals surface area contributed by atoms with Crippen LogP contribution in [0.25, 0.3) is 0 Å². The molecule has 0 N–H and O–H groups in total. The number of aryl methyl sites for hydroxylation is 2. The Kier molecular flexibility index (Phi) is 3.73. The average Bonchev–Trinajstić information content (AvgIpc) is 3.19. The topological polar surface area (TPSA) is 32.3 Å². The lowest BCUT2D eigenvalue weighted by molar-refractivity contribution is 0.449. The molecule has 0 aliphatic carbocycles. The molecule has 3 aromatic rings. The molecule has 0 saturated heterocycles. The van der Waals surface area contributed by atoms with Crippen molar-refractivity contribution in [2.45, 2.75) is 52.1 Å². The van der Waals surface area contributed by atoms with E-state index in [1.165, 1.54) is 28.1 Å². The number of nitrogens with zero attached hydrogens (tertiary/aromatic N) is 4. The zero-order valence-electron chi connectivity index (χ0n) is 17.0. The van der Waals surface area contributed by atoms with Crippen LogP contribution in [0.1, 0.15) is 44.4 Å². The number of anilines is 4. The first-order chi connectivity index (χ1) is 13.6. The van der Waals surface area contributed by atoms with Crippen LogP contribution in [0.3, 0.4) is 0 Å². The molecule has 28 heavy (non-hydrogen) atoms. The predicted molar refractivity (Wildman–Crippen MR) is 115 cm³/mol. The van der Waals surface area contributed by atoms with Crippen molar-refractivity contribution in [3.63, 3.8) is 0 Å². The van der Waals surface area contributed by atoms with E-state index in [4.69, 9.17) is 9.97 Å². The highest BCUT2D eigenvalue weighted by molar-refractivity contribution is 5.88. The summed E-state index contributed by atoms with van der Waals surface area (Å²) in [7, 11) is 0. The molecular formula is C24H26N4. The third kappa shape index (κ3) is 2.24. The van der Waals surface area contributed by atoms with Gasteiger partial charge in [0.15, 0.2) is 11.6 Å². The van der Waals surface area contributed by atoms with E-state index in [1.54, 1.807) is 12.4 Å². The molecule has 142 valence electrons. The van der Waals surface area contributed by atoms with Crippen molar-refractivity contribution in [1.82, 2.24) is 9.97 Å². The fourth-order valence-corrected chi connectivity index (χ4v) is 4.73. The Morgan fingerprint density at radius 1 is 0.821 bits per heavy atom. The first kappa shape index (κ1) is 17.2. The molecule has 2 aromatic carbocycles. The Labute approximate surface area is 166 Å². The van der Waals surface area contributed by atoms with Gasteiger partial charge in [-0.2, -0.15) is 0 Å². The Bertz CT molecular complexity index is 1020. The van der Waals surface area contributed by atoms with Crippen LogP contribution in [0.15, 0.2) is 54.9 Å². The molecule has 0 amide bonds. The normalized spacial score (nSPS) is 18.8. The maximum atomic E-state index is 4.74. The molecule has 4 heteroatoms. The van der Waals surface area contributed by atoms with Gasteiger partial charge in [0.2, 0.25) is 0 Å². The van der Waals surface area contributed by atoms with Gasteiger partial charge in [0, 0.05) is 29.2 Å². The molecule has 0 fully saturated rings. The van der Waals surface area contributed by atoms with Gasteiger partial charge in [0.25, 0.3) is 0 Å². The highest BCUT2D eigenvalue weighted by Gasteiger charge is 2.54. The van der Waals surface area contributed by atoms with Gasteiger partial charge in [-0.05, 0) is 47.7 Å². The van der Waals surface area contributed by atoms with E-state index in [0.717, 1.165) is 24.5 Å². The molecule has 3 heterocycles. The smallest absolute Gasteiger partial charge is 0.178 e. The van der Waals surface area contributed by atoms with Gasteiger partial charge in [0.1, 0.15) is 6.17 Å². The monoisotopic (exact) mass is 370 g/mol. The molecular weight excluding hydrogens is 344 g/mol. The molecule has 0 spiro atoms. The largest absolute Gasteiger partial charge is 0.301 e. The molecule has 0 bridgehead atoms. The minimum atomic E-state index is -0.0632. The maximum absolute atomic E-state index is 4.74. The summed E-state index contributed by atoms with van der Waals surface area (Å²) in [4.78, 5) is 14.2. The van der Waals surface area contributed by atoms with Gasteiger partial charge >= 0.3 is 0 Å². The first-order valence-corrected chi connectivity index (χ1v) is 10.2. The quantitative estimate of drug-likeness (QED) is 0.609. The summed E-state index contributed by atoms with van der Waals surface area (Å²) in [6.45, 7) is 9.09. The third-order valence-corrected chi connectivity index (χ3v) is 6.30. The highest BCUT2D eigenvalue weighted by Crippen LogP contribution is 2.57. The first-order valence-electron chi connectivity index (χ1n) is 10.2. The summed E-state index contributed by atoms with van der Waals surface area (Å²) in [5.74, 6) is 1.89. The predicted octanol–water partition coefficient (Wildman–Crippen LogP) is 5.51. The molecule has 2 aliphatic heterocycles. The van der Waals surface area contributed by atoms with Crippen LogP contribution in [0.5, 0.6) is 0 Å². The lowest BCUT2D eigenvalue weighted by Crippen LogP contribution is -2.46. The molecule has 4 nitrogen and oxygen atoms in total. The lowest BCUT2D eigenvalue weighted by Gasteiger charge is -2.36. The summed E-state index contributed by atoms with van der Waals surface area (Å²) in [5.41, 5.74) is 6.48. The molecule has 5 rings (SSSR count). The summed E-state index contributed by atoms with van der Waals surface area (Å²) >= 11 is 0. The lowest BCUT2D eigenvalue weighted by atomic mass is 9.82. The molecule has 0 saturated carbocycles. The van der Waals surface area contributed by atoms with Crippen molar-refractivity contribution in [1.29, 1.82) is 0 Å². The average molecular weight is 371 g/mol. The maximum Gasteiger partial charge on any atom is 0.178 e. The van der Waals surface area contributed by atoms with Gasteiger partial charge in [-0.3, -0.25) is 0 Å². The van der Waals surface area contributed by atoms with Crippen molar-refractivity contribution in [2.24, 2.45) is 0 Å². The van der Waals surface area contributed by atoms with E-state index in [9.17, 15) is 0 Å². The van der Waals surface area contributed by atoms with Gasteiger partial charge in [-0.1, -0.05) is 52.0 Å². The van der Waals surface area contributed by atoms with E-state index >= 15 is 0 Å². The van der Waals surface area contributed by atoms with Gasteiger partial charge in [-0.25, -0.2) is 9.97 Å². The summed E-state index contributed by atoms with van der Waals surface area (Å²) in [5, 5.41) is 0. The van der Waals surface area contributed by atoms with Crippen LogP contribution in [0.2, 0.25) is 0 Å². The standard InChI is InChI=1S/C24H26N4/c1-5-16-7-10-18(11-8-16)27-21-22(26-14-13-25-21)28-20-12-9-17(6-2)15-19(20)24(3,4)23(27)28/h7-15,23H,5-6H2,1-4H3. The van der Waals surface area contributed by atoms with Crippen LogP contribution in [-0.4, -0.2) is 16.1 Å². The molecule has 1 aromatic heterocycles. The van der Waals surface area contributed by atoms with Gasteiger partial charge in [-0.15, -0.1) is 0 Å². The van der Waals surface area contributed by atoms with Crippen LogP contribution < -0.4 is 9.80 Å². The second-order valence-electron chi connectivity index (χ2n) is 8.26. The van der Waals surface area contributed by atoms with E-state index in [-0.39, 0.29) is 11.6 Å². The van der Waals surface area contributed by atoms with Crippen molar-refractivity contribution < 1.29 is 0 Å². The number of hydrogen-bond acceptors (Lipinski definition) is 4. The van der Waals surface area contributed by atoms with Gasteiger partial charge in [0.05, 0.1) is 0 Å². The van der Waals surface area contributed by atoms with E-state index in [1.807, 2.05) is 0 Å². The Morgan fingerprint density at radius 3 is 2.07 bits per heavy atom. The van der Waals surface area contributed by atoms with E-state index < -0.39 is 0 Å². The van der Waals surface area contributed by atoms with Crippen molar-refractivity contribution in [2.75, 3.05) is 9.80 Å². The Hall–Kier alpha value is -2.88. The van der Waals surface area contributed by atoms with Crippen LogP contribution >= 0.6 is 0 Å². The van der Waals surface area contributed by atoms with Crippen LogP contribution in [-0.2, 0) is 18.3 Å². The fraction of sp³-hybridized carbons (Fsp3) is 0.333. The van der Waals surface area contributed by atoms with Gasteiger partial charge < -0.3 is 9.80 Å². The number of rotatable bonds is 3. The van der Waals surface area contributed by atoms with Crippen LogP contribution in [0, 0.1) is 0 Å². The minimum absolute atomic E-state index is 0.0632. The zero-order chi connectivity index (χ0) is 19.5. The minimum Gasteiger partial charge on any atom is -0.301 e. The third-order valence-electron chi connectivity index (χ3n) is 6.30.